The van der Waals surface area contributed by atoms with Crippen molar-refractivity contribution in [3.63, 3.8) is 0 Å². The van der Waals surface area contributed by atoms with Crippen molar-refractivity contribution in [3.8, 4) is 0 Å². The van der Waals surface area contributed by atoms with Gasteiger partial charge in [0.25, 0.3) is 0 Å². The Labute approximate surface area is 199 Å². The van der Waals surface area contributed by atoms with Crippen LogP contribution in [-0.2, 0) is 16.9 Å². The number of amides is 1. The normalized spacial score (nSPS) is 30.6. The second kappa shape index (κ2) is 7.42. The van der Waals surface area contributed by atoms with Crippen LogP contribution in [0.2, 0.25) is 5.02 Å². The van der Waals surface area contributed by atoms with Crippen LogP contribution >= 0.6 is 27.5 Å². The molecule has 0 spiro atoms. The van der Waals surface area contributed by atoms with E-state index in [4.69, 9.17) is 11.6 Å². The van der Waals surface area contributed by atoms with Gasteiger partial charge in [-0.1, -0.05) is 23.7 Å². The minimum Gasteiger partial charge on any atom is -0.309 e. The molecule has 7 nitrogen and oxygen atoms in total. The van der Waals surface area contributed by atoms with Gasteiger partial charge in [-0.2, -0.15) is 5.10 Å². The fourth-order valence-electron chi connectivity index (χ4n) is 6.76. The van der Waals surface area contributed by atoms with Gasteiger partial charge in [0.2, 0.25) is 10.6 Å². The summed E-state index contributed by atoms with van der Waals surface area (Å²) in [4.78, 5) is 17.9. The Hall–Kier alpha value is -2.19. The monoisotopic (exact) mass is 514 g/mol. The lowest BCUT2D eigenvalue weighted by Crippen LogP contribution is -2.60. The molecule has 0 aliphatic heterocycles. The average Bonchev–Trinajstić information content (AvgIpc) is 3.38. The van der Waals surface area contributed by atoms with Crippen molar-refractivity contribution in [3.05, 3.63) is 58.2 Å². The summed E-state index contributed by atoms with van der Waals surface area (Å²) in [6.45, 7) is 0.632. The first-order valence-electron chi connectivity index (χ1n) is 11.1. The molecule has 3 aromatic rings. The highest BCUT2D eigenvalue weighted by Crippen LogP contribution is 2.64. The maximum Gasteiger partial charge on any atom is 0.231 e. The number of rotatable bonds is 5. The summed E-state index contributed by atoms with van der Waals surface area (Å²) in [7, 11) is 0. The first kappa shape index (κ1) is 20.4. The number of carbonyl (C=O) groups is 1. The molecule has 2 atom stereocenters. The predicted molar refractivity (Wildman–Crippen MR) is 124 cm³/mol. The van der Waals surface area contributed by atoms with Crippen LogP contribution in [0, 0.1) is 17.3 Å². The molecule has 4 saturated carbocycles. The second-order valence-electron chi connectivity index (χ2n) is 9.90. The molecule has 4 aliphatic rings. The number of halogens is 2. The molecule has 9 heteroatoms. The Kier molecular flexibility index (Phi) is 4.73. The Morgan fingerprint density at radius 3 is 2.56 bits per heavy atom. The summed E-state index contributed by atoms with van der Waals surface area (Å²) in [5.74, 6) is 1.84. The smallest absolute Gasteiger partial charge is 0.231 e. The molecule has 2 unspecified atom stereocenters. The molecule has 0 radical (unpaired) electrons. The van der Waals surface area contributed by atoms with Gasteiger partial charge in [0.1, 0.15) is 6.33 Å². The second-order valence-corrected chi connectivity index (χ2v) is 11.0. The summed E-state index contributed by atoms with van der Waals surface area (Å²) in [6.07, 6.45) is 9.85. The average molecular weight is 516 g/mol. The molecule has 32 heavy (non-hydrogen) atoms. The van der Waals surface area contributed by atoms with Crippen LogP contribution in [0.4, 0.5) is 5.82 Å². The maximum absolute atomic E-state index is 13.6. The fraction of sp³-hybridized carbons (Fsp3) is 0.478. The zero-order valence-electron chi connectivity index (χ0n) is 17.5. The zero-order chi connectivity index (χ0) is 21.9. The van der Waals surface area contributed by atoms with E-state index in [2.05, 4.69) is 36.4 Å². The van der Waals surface area contributed by atoms with E-state index in [0.717, 1.165) is 37.7 Å². The molecule has 7 rings (SSSR count). The molecule has 2 heterocycles. The van der Waals surface area contributed by atoms with Crippen LogP contribution in [0.25, 0.3) is 0 Å². The highest BCUT2D eigenvalue weighted by atomic mass is 79.9. The summed E-state index contributed by atoms with van der Waals surface area (Å²) in [6, 6.07) is 9.59. The first-order chi connectivity index (χ1) is 15.4. The SMILES string of the molecule is O=C(Nc1ccn(Cc2ccc(Cl)cc2)n1)C12CC3CC(C1)CC(n1cnc(Br)n1)(C3)C2. The number of nitrogens with one attached hydrogen (secondary N) is 1. The van der Waals surface area contributed by atoms with Crippen molar-refractivity contribution >= 4 is 39.3 Å². The van der Waals surface area contributed by atoms with Gasteiger partial charge in [0.05, 0.1) is 17.5 Å². The molecule has 4 aliphatic carbocycles. The molecular weight excluding hydrogens is 492 g/mol. The van der Waals surface area contributed by atoms with E-state index in [1.165, 1.54) is 6.42 Å². The maximum atomic E-state index is 13.6. The van der Waals surface area contributed by atoms with Gasteiger partial charge in [-0.15, -0.1) is 5.10 Å². The Bertz CT molecular complexity index is 1160. The molecular formula is C23H24BrClN6O. The third-order valence-corrected chi connectivity index (χ3v) is 8.22. The van der Waals surface area contributed by atoms with Crippen LogP contribution in [0.1, 0.15) is 44.1 Å². The van der Waals surface area contributed by atoms with Crippen molar-refractivity contribution in [2.45, 2.75) is 50.6 Å². The van der Waals surface area contributed by atoms with Crippen molar-refractivity contribution in [1.29, 1.82) is 0 Å². The largest absolute Gasteiger partial charge is 0.309 e. The van der Waals surface area contributed by atoms with Gasteiger partial charge in [-0.25, -0.2) is 9.67 Å². The third kappa shape index (κ3) is 3.48. The van der Waals surface area contributed by atoms with Gasteiger partial charge < -0.3 is 5.32 Å². The van der Waals surface area contributed by atoms with Crippen molar-refractivity contribution in [2.24, 2.45) is 17.3 Å². The number of nitrogens with zero attached hydrogens (tertiary/aromatic N) is 5. The van der Waals surface area contributed by atoms with Crippen LogP contribution in [-0.4, -0.2) is 30.5 Å². The molecule has 0 saturated heterocycles. The molecule has 1 amide bonds. The van der Waals surface area contributed by atoms with E-state index in [1.54, 1.807) is 0 Å². The number of hydrogen-bond acceptors (Lipinski definition) is 4. The van der Waals surface area contributed by atoms with Crippen molar-refractivity contribution < 1.29 is 4.79 Å². The lowest BCUT2D eigenvalue weighted by atomic mass is 9.46. The molecule has 166 valence electrons. The molecule has 1 N–H and O–H groups in total. The summed E-state index contributed by atoms with van der Waals surface area (Å²) < 4.78 is 4.47. The van der Waals surface area contributed by atoms with Crippen molar-refractivity contribution in [1.82, 2.24) is 24.5 Å². The van der Waals surface area contributed by atoms with Gasteiger partial charge in [-0.3, -0.25) is 9.48 Å². The van der Waals surface area contributed by atoms with E-state index < -0.39 is 0 Å². The minimum atomic E-state index is -0.359. The molecule has 1 aromatic carbocycles. The van der Waals surface area contributed by atoms with Crippen LogP contribution < -0.4 is 5.32 Å². The number of aromatic nitrogens is 5. The lowest BCUT2D eigenvalue weighted by Gasteiger charge is -2.60. The third-order valence-electron chi connectivity index (χ3n) is 7.60. The van der Waals surface area contributed by atoms with Crippen LogP contribution in [0.15, 0.2) is 47.6 Å². The van der Waals surface area contributed by atoms with Gasteiger partial charge in [0.15, 0.2) is 5.82 Å². The highest BCUT2D eigenvalue weighted by Gasteiger charge is 2.61. The number of benzene rings is 1. The standard InChI is InChI=1S/C23H24BrClN6O/c24-21-26-14-31(29-21)23-10-16-7-17(11-23)9-22(8-16,13-23)20(32)27-19-5-6-30(28-19)12-15-1-3-18(25)4-2-15/h1-6,14,16-17H,7-13H2,(H,27,28,32). The van der Waals surface area contributed by atoms with E-state index in [-0.39, 0.29) is 16.9 Å². The zero-order valence-corrected chi connectivity index (χ0v) is 19.9. The van der Waals surface area contributed by atoms with Crippen LogP contribution in [0.5, 0.6) is 0 Å². The minimum absolute atomic E-state index is 0.103. The summed E-state index contributed by atoms with van der Waals surface area (Å²) >= 11 is 9.36. The fourth-order valence-corrected chi connectivity index (χ4v) is 7.15. The van der Waals surface area contributed by atoms with E-state index >= 15 is 0 Å². The van der Waals surface area contributed by atoms with E-state index in [0.29, 0.717) is 34.0 Å². The van der Waals surface area contributed by atoms with Gasteiger partial charge in [0, 0.05) is 17.3 Å². The first-order valence-corrected chi connectivity index (χ1v) is 12.3. The van der Waals surface area contributed by atoms with E-state index in [9.17, 15) is 4.79 Å². The summed E-state index contributed by atoms with van der Waals surface area (Å²) in [5.41, 5.74) is 0.647. The number of hydrogen-bond donors (Lipinski definition) is 1. The topological polar surface area (TPSA) is 77.6 Å². The molecule has 2 aromatic heterocycles. The molecule has 4 fully saturated rings. The predicted octanol–water partition coefficient (Wildman–Crippen LogP) is 4.87. The number of carbonyl (C=O) groups excluding carboxylic acids is 1. The van der Waals surface area contributed by atoms with Crippen LogP contribution in [0.3, 0.4) is 0 Å². The van der Waals surface area contributed by atoms with Gasteiger partial charge >= 0.3 is 0 Å². The molecule has 4 bridgehead atoms. The Morgan fingerprint density at radius 2 is 1.88 bits per heavy atom. The van der Waals surface area contributed by atoms with Gasteiger partial charge in [-0.05, 0) is 84.0 Å². The Morgan fingerprint density at radius 1 is 1.12 bits per heavy atom. The quantitative estimate of drug-likeness (QED) is 0.526. The lowest BCUT2D eigenvalue weighted by molar-refractivity contribution is -0.150. The van der Waals surface area contributed by atoms with Crippen molar-refractivity contribution in [2.75, 3.05) is 5.32 Å². The summed E-state index contributed by atoms with van der Waals surface area (Å²) in [5, 5.41) is 13.0. The highest BCUT2D eigenvalue weighted by molar-refractivity contribution is 9.10. The van der Waals surface area contributed by atoms with E-state index in [1.807, 2.05) is 52.2 Å². The Balaban J connectivity index is 1.21. The number of anilines is 1.